The maximum Gasteiger partial charge on any atom is 0.316 e. The molecule has 2 saturated heterocycles. The Morgan fingerprint density at radius 1 is 0.946 bits per heavy atom. The summed E-state index contributed by atoms with van der Waals surface area (Å²) in [6.07, 6.45) is 4.55. The number of hydrogen-bond acceptors (Lipinski definition) is 5. The van der Waals surface area contributed by atoms with Crippen LogP contribution >= 0.6 is 0 Å². The number of fused-ring (bicyclic) bond motifs is 2. The smallest absolute Gasteiger partial charge is 0.316 e. The second-order valence-electron chi connectivity index (χ2n) is 9.99. The summed E-state index contributed by atoms with van der Waals surface area (Å²) in [4.78, 5) is 55.0. The molecule has 0 aromatic heterocycles. The van der Waals surface area contributed by atoms with E-state index in [0.29, 0.717) is 12.1 Å². The zero-order chi connectivity index (χ0) is 25.7. The van der Waals surface area contributed by atoms with Crippen molar-refractivity contribution >= 4 is 45.8 Å². The number of imide groups is 1. The van der Waals surface area contributed by atoms with Crippen LogP contribution in [0.5, 0.6) is 5.75 Å². The van der Waals surface area contributed by atoms with Gasteiger partial charge in [0, 0.05) is 24.4 Å². The summed E-state index contributed by atoms with van der Waals surface area (Å²) in [6, 6.07) is 20.1. The summed E-state index contributed by atoms with van der Waals surface area (Å²) < 4.78 is 5.65. The van der Waals surface area contributed by atoms with Crippen LogP contribution in [0.25, 0.3) is 10.8 Å². The minimum Gasteiger partial charge on any atom is -0.426 e. The largest absolute Gasteiger partial charge is 0.426 e. The Kier molecular flexibility index (Phi) is 5.63. The lowest BCUT2D eigenvalue weighted by atomic mass is 9.78. The van der Waals surface area contributed by atoms with Crippen LogP contribution in [0, 0.1) is 23.7 Å². The van der Waals surface area contributed by atoms with E-state index >= 15 is 0 Å². The number of rotatable bonds is 4. The lowest BCUT2D eigenvalue weighted by Gasteiger charge is -2.22. The highest BCUT2D eigenvalue weighted by Crippen LogP contribution is 2.41. The predicted molar refractivity (Wildman–Crippen MR) is 139 cm³/mol. The normalized spacial score (nSPS) is 25.2. The first-order chi connectivity index (χ1) is 17.9. The van der Waals surface area contributed by atoms with Crippen LogP contribution in [0.1, 0.15) is 19.8 Å². The third kappa shape index (κ3) is 3.91. The number of allylic oxidation sites excluding steroid dienone is 2. The third-order valence-corrected chi connectivity index (χ3v) is 7.68. The quantitative estimate of drug-likeness (QED) is 0.231. The molecule has 3 aromatic rings. The molecule has 2 aliphatic heterocycles. The number of esters is 1. The number of hydrogen-bond donors (Lipinski definition) is 0. The maximum atomic E-state index is 13.1. The average Bonchev–Trinajstić information content (AvgIpc) is 3.41. The van der Waals surface area contributed by atoms with Crippen LogP contribution in [0.2, 0.25) is 0 Å². The molecule has 6 rings (SSSR count). The molecule has 7 heteroatoms. The second-order valence-corrected chi connectivity index (χ2v) is 9.99. The van der Waals surface area contributed by atoms with Gasteiger partial charge in [-0.15, -0.1) is 0 Å². The predicted octanol–water partition coefficient (Wildman–Crippen LogP) is 4.50. The van der Waals surface area contributed by atoms with Crippen molar-refractivity contribution < 1.29 is 23.9 Å². The summed E-state index contributed by atoms with van der Waals surface area (Å²) in [6.45, 7) is 2.17. The van der Waals surface area contributed by atoms with Crippen molar-refractivity contribution in [3.8, 4) is 5.75 Å². The number of amides is 3. The molecule has 0 saturated carbocycles. The monoisotopic (exact) mass is 494 g/mol. The van der Waals surface area contributed by atoms with Crippen LogP contribution in [-0.2, 0) is 19.2 Å². The molecule has 4 atom stereocenters. The van der Waals surface area contributed by atoms with E-state index in [1.54, 1.807) is 29.2 Å². The third-order valence-electron chi connectivity index (χ3n) is 7.68. The first-order valence-electron chi connectivity index (χ1n) is 12.6. The van der Waals surface area contributed by atoms with Crippen LogP contribution < -0.4 is 14.5 Å². The van der Waals surface area contributed by atoms with Gasteiger partial charge in [-0.1, -0.05) is 61.5 Å². The van der Waals surface area contributed by atoms with Gasteiger partial charge in [0.1, 0.15) is 5.75 Å². The van der Waals surface area contributed by atoms with Crippen LogP contribution in [0.4, 0.5) is 11.4 Å². The van der Waals surface area contributed by atoms with E-state index in [9.17, 15) is 19.2 Å². The highest BCUT2D eigenvalue weighted by Gasteiger charge is 2.50. The molecule has 3 aromatic carbocycles. The van der Waals surface area contributed by atoms with E-state index < -0.39 is 11.9 Å². The van der Waals surface area contributed by atoms with E-state index in [1.165, 1.54) is 4.90 Å². The highest BCUT2D eigenvalue weighted by atomic mass is 16.5. The summed E-state index contributed by atoms with van der Waals surface area (Å²) in [5.41, 5.74) is 1.17. The molecule has 1 aliphatic carbocycles. The van der Waals surface area contributed by atoms with Gasteiger partial charge in [-0.2, -0.15) is 0 Å². The molecule has 0 spiro atoms. The number of nitrogens with zero attached hydrogens (tertiary/aromatic N) is 2. The number of benzene rings is 3. The minimum atomic E-state index is -0.625. The molecule has 186 valence electrons. The fourth-order valence-electron chi connectivity index (χ4n) is 5.83. The fourth-order valence-corrected chi connectivity index (χ4v) is 5.83. The second kappa shape index (κ2) is 9.00. The van der Waals surface area contributed by atoms with Gasteiger partial charge in [0.25, 0.3) is 0 Å². The Labute approximate surface area is 214 Å². The summed E-state index contributed by atoms with van der Waals surface area (Å²) in [5.74, 6) is -2.21. The minimum absolute atomic E-state index is 0.00852. The molecule has 3 amide bonds. The van der Waals surface area contributed by atoms with E-state index in [-0.39, 0.29) is 54.2 Å². The van der Waals surface area contributed by atoms with E-state index in [1.807, 2.05) is 61.5 Å². The summed E-state index contributed by atoms with van der Waals surface area (Å²) in [7, 11) is 0. The first kappa shape index (κ1) is 23.2. The van der Waals surface area contributed by atoms with Gasteiger partial charge in [-0.3, -0.25) is 19.2 Å². The number of carbonyl (C=O) groups is 4. The van der Waals surface area contributed by atoms with Gasteiger partial charge in [-0.25, -0.2) is 4.90 Å². The van der Waals surface area contributed by atoms with Crippen molar-refractivity contribution in [3.63, 3.8) is 0 Å². The molecule has 3 aliphatic rings. The molecule has 2 fully saturated rings. The average molecular weight is 495 g/mol. The standard InChI is InChI=1S/C30H26N2O5/c1-18-7-4-13-24-27(18)29(35)32(28(24)34)21-10-6-11-22(16-21)37-30(36)20-15-26(33)31(17-20)25-14-5-9-19-8-2-3-12-23(19)25/h2-12,14,16,18,20,24,27H,13,15,17H2,1H3/t18-,20-,24+,27-/m1/s1. The fraction of sp³-hybridized carbons (Fsp3) is 0.267. The van der Waals surface area contributed by atoms with Crippen molar-refractivity contribution in [3.05, 3.63) is 78.9 Å². The van der Waals surface area contributed by atoms with Gasteiger partial charge < -0.3 is 9.64 Å². The molecule has 0 radical (unpaired) electrons. The van der Waals surface area contributed by atoms with Crippen LogP contribution in [-0.4, -0.2) is 30.2 Å². The lowest BCUT2D eigenvalue weighted by Crippen LogP contribution is -2.31. The lowest BCUT2D eigenvalue weighted by molar-refractivity contribution is -0.139. The van der Waals surface area contributed by atoms with Gasteiger partial charge in [0.15, 0.2) is 0 Å². The van der Waals surface area contributed by atoms with E-state index in [4.69, 9.17) is 4.74 Å². The molecule has 0 bridgehead atoms. The molecular formula is C30H26N2O5. The van der Waals surface area contributed by atoms with Crippen molar-refractivity contribution in [2.75, 3.05) is 16.3 Å². The van der Waals surface area contributed by atoms with Gasteiger partial charge in [0.2, 0.25) is 17.7 Å². The van der Waals surface area contributed by atoms with E-state index in [2.05, 4.69) is 0 Å². The van der Waals surface area contributed by atoms with E-state index in [0.717, 1.165) is 16.5 Å². The highest BCUT2D eigenvalue weighted by molar-refractivity contribution is 6.22. The zero-order valence-corrected chi connectivity index (χ0v) is 20.4. The molecule has 2 heterocycles. The van der Waals surface area contributed by atoms with Crippen molar-refractivity contribution in [2.45, 2.75) is 19.8 Å². The Hall–Kier alpha value is -4.26. The Balaban J connectivity index is 1.19. The summed E-state index contributed by atoms with van der Waals surface area (Å²) in [5, 5.41) is 1.97. The summed E-state index contributed by atoms with van der Waals surface area (Å²) >= 11 is 0. The molecule has 37 heavy (non-hydrogen) atoms. The topological polar surface area (TPSA) is 84.0 Å². The maximum absolute atomic E-state index is 13.1. The van der Waals surface area contributed by atoms with Crippen molar-refractivity contribution in [1.82, 2.24) is 0 Å². The van der Waals surface area contributed by atoms with Gasteiger partial charge in [-0.05, 0) is 35.9 Å². The first-order valence-corrected chi connectivity index (χ1v) is 12.6. The molecule has 0 unspecified atom stereocenters. The Morgan fingerprint density at radius 3 is 2.57 bits per heavy atom. The molecular weight excluding hydrogens is 468 g/mol. The number of carbonyl (C=O) groups excluding carboxylic acids is 4. The zero-order valence-electron chi connectivity index (χ0n) is 20.4. The molecule has 7 nitrogen and oxygen atoms in total. The SMILES string of the molecule is C[C@@H]1C=CC[C@@H]2C(=O)N(c3cccc(OC(=O)[C@@H]4CC(=O)N(c5cccc6ccccc56)C4)c3)C(=O)[C@H]12. The van der Waals surface area contributed by atoms with Gasteiger partial charge >= 0.3 is 5.97 Å². The van der Waals surface area contributed by atoms with Crippen LogP contribution in [0.3, 0.4) is 0 Å². The number of anilines is 2. The van der Waals surface area contributed by atoms with Crippen molar-refractivity contribution in [2.24, 2.45) is 23.7 Å². The molecule has 0 N–H and O–H groups in total. The van der Waals surface area contributed by atoms with Crippen molar-refractivity contribution in [1.29, 1.82) is 0 Å². The van der Waals surface area contributed by atoms with Gasteiger partial charge in [0.05, 0.1) is 29.1 Å². The Bertz CT molecular complexity index is 1470. The van der Waals surface area contributed by atoms with Crippen LogP contribution in [0.15, 0.2) is 78.9 Å². The number of ether oxygens (including phenoxy) is 1. The Morgan fingerprint density at radius 2 is 1.73 bits per heavy atom.